The van der Waals surface area contributed by atoms with Crippen molar-refractivity contribution in [2.75, 3.05) is 20.3 Å². The van der Waals surface area contributed by atoms with Gasteiger partial charge in [-0.25, -0.2) is 9.18 Å². The summed E-state index contributed by atoms with van der Waals surface area (Å²) in [5, 5.41) is 16.9. The standard InChI is InChI=1S/C28H36FN3O5/c1-28(2,3)25(27(35)36-4)30-26(34)24-22-14-13-21(37-16-8-6-5-7-15-33)17-23(22)32(31-24)18-19-9-11-20(29)12-10-19/h9-14,17,25,33H,5-8,15-16,18H2,1-4H3,(H,30,34)/t25-/m1/s1. The van der Waals surface area contributed by atoms with Crippen LogP contribution in [0.25, 0.3) is 10.9 Å². The lowest BCUT2D eigenvalue weighted by molar-refractivity contribution is -0.145. The van der Waals surface area contributed by atoms with Gasteiger partial charge in [0.15, 0.2) is 5.69 Å². The first-order chi connectivity index (χ1) is 17.6. The molecule has 0 spiro atoms. The molecule has 0 bridgehead atoms. The Balaban J connectivity index is 1.91. The molecule has 2 aromatic carbocycles. The number of nitrogens with zero attached hydrogens (tertiary/aromatic N) is 2. The molecule has 8 nitrogen and oxygen atoms in total. The molecule has 0 aliphatic heterocycles. The highest BCUT2D eigenvalue weighted by Crippen LogP contribution is 2.27. The average molecular weight is 514 g/mol. The number of fused-ring (bicyclic) bond motifs is 1. The van der Waals surface area contributed by atoms with E-state index in [4.69, 9.17) is 14.6 Å². The number of ether oxygens (including phenoxy) is 2. The number of carbonyl (C=O) groups is 2. The van der Waals surface area contributed by atoms with Gasteiger partial charge in [0.1, 0.15) is 17.6 Å². The minimum absolute atomic E-state index is 0.172. The second kappa shape index (κ2) is 12.7. The number of carbonyl (C=O) groups excluding carboxylic acids is 2. The van der Waals surface area contributed by atoms with Crippen molar-refractivity contribution in [2.45, 2.75) is 59.0 Å². The highest BCUT2D eigenvalue weighted by atomic mass is 19.1. The Hall–Kier alpha value is -3.46. The molecule has 0 saturated heterocycles. The number of rotatable bonds is 12. The number of benzene rings is 2. The molecular weight excluding hydrogens is 477 g/mol. The minimum Gasteiger partial charge on any atom is -0.494 e. The molecule has 1 heterocycles. The SMILES string of the molecule is COC(=O)[C@@H](NC(=O)c1nn(Cc2ccc(F)cc2)c2cc(OCCCCCCO)ccc12)C(C)(C)C. The summed E-state index contributed by atoms with van der Waals surface area (Å²) in [6.07, 6.45) is 3.56. The number of amides is 1. The lowest BCUT2D eigenvalue weighted by Crippen LogP contribution is -2.49. The fourth-order valence-corrected chi connectivity index (χ4v) is 4.00. The fraction of sp³-hybridized carbons (Fsp3) is 0.464. The molecule has 1 atom stereocenters. The van der Waals surface area contributed by atoms with Crippen LogP contribution >= 0.6 is 0 Å². The molecule has 1 amide bonds. The summed E-state index contributed by atoms with van der Waals surface area (Å²) in [4.78, 5) is 25.7. The third kappa shape index (κ3) is 7.52. The van der Waals surface area contributed by atoms with Crippen LogP contribution < -0.4 is 10.1 Å². The summed E-state index contributed by atoms with van der Waals surface area (Å²) < 4.78 is 25.9. The first-order valence-electron chi connectivity index (χ1n) is 12.5. The molecule has 3 aromatic rings. The molecule has 9 heteroatoms. The Morgan fingerprint density at radius 3 is 2.43 bits per heavy atom. The van der Waals surface area contributed by atoms with Gasteiger partial charge in [0.05, 0.1) is 25.8 Å². The third-order valence-electron chi connectivity index (χ3n) is 6.08. The molecular formula is C28H36FN3O5. The maximum atomic E-state index is 13.4. The van der Waals surface area contributed by atoms with Crippen LogP contribution in [0.15, 0.2) is 42.5 Å². The van der Waals surface area contributed by atoms with Crippen molar-refractivity contribution in [3.8, 4) is 5.75 Å². The zero-order chi connectivity index (χ0) is 27.0. The van der Waals surface area contributed by atoms with E-state index in [1.54, 1.807) is 28.9 Å². The Kier molecular flexibility index (Phi) is 9.63. The summed E-state index contributed by atoms with van der Waals surface area (Å²) in [6, 6.07) is 10.6. The minimum atomic E-state index is -0.865. The van der Waals surface area contributed by atoms with Gasteiger partial charge in [-0.3, -0.25) is 9.48 Å². The Labute approximate surface area is 216 Å². The lowest BCUT2D eigenvalue weighted by atomic mass is 9.86. The van der Waals surface area contributed by atoms with Crippen LogP contribution in [0.3, 0.4) is 0 Å². The summed E-state index contributed by atoms with van der Waals surface area (Å²) in [7, 11) is 1.29. The number of methoxy groups -OCH3 is 1. The zero-order valence-corrected chi connectivity index (χ0v) is 21.9. The second-order valence-corrected chi connectivity index (χ2v) is 10.1. The molecule has 0 radical (unpaired) electrons. The molecule has 200 valence electrons. The first-order valence-corrected chi connectivity index (χ1v) is 12.5. The Morgan fingerprint density at radius 1 is 1.08 bits per heavy atom. The van der Waals surface area contributed by atoms with Crippen molar-refractivity contribution in [3.05, 3.63) is 59.5 Å². The monoisotopic (exact) mass is 513 g/mol. The Morgan fingerprint density at radius 2 is 1.78 bits per heavy atom. The van der Waals surface area contributed by atoms with Gasteiger partial charge < -0.3 is 19.9 Å². The molecule has 37 heavy (non-hydrogen) atoms. The topological polar surface area (TPSA) is 103 Å². The van der Waals surface area contributed by atoms with E-state index < -0.39 is 23.3 Å². The number of esters is 1. The quantitative estimate of drug-likeness (QED) is 0.274. The number of halogens is 1. The predicted molar refractivity (Wildman–Crippen MR) is 139 cm³/mol. The van der Waals surface area contributed by atoms with Gasteiger partial charge in [0, 0.05) is 18.1 Å². The molecule has 0 aliphatic carbocycles. The summed E-state index contributed by atoms with van der Waals surface area (Å²) >= 11 is 0. The smallest absolute Gasteiger partial charge is 0.328 e. The van der Waals surface area contributed by atoms with E-state index in [1.165, 1.54) is 19.2 Å². The number of hydrogen-bond donors (Lipinski definition) is 2. The van der Waals surface area contributed by atoms with Gasteiger partial charge in [-0.1, -0.05) is 39.3 Å². The zero-order valence-electron chi connectivity index (χ0n) is 21.9. The van der Waals surface area contributed by atoms with Crippen LogP contribution in [-0.4, -0.2) is 53.1 Å². The van der Waals surface area contributed by atoms with Crippen molar-refractivity contribution < 1.29 is 28.6 Å². The van der Waals surface area contributed by atoms with Gasteiger partial charge in [-0.2, -0.15) is 5.10 Å². The molecule has 2 N–H and O–H groups in total. The van der Waals surface area contributed by atoms with E-state index >= 15 is 0 Å². The van der Waals surface area contributed by atoms with Crippen molar-refractivity contribution in [1.82, 2.24) is 15.1 Å². The van der Waals surface area contributed by atoms with Gasteiger partial charge in [0.25, 0.3) is 5.91 Å². The number of unbranched alkanes of at least 4 members (excludes halogenated alkanes) is 3. The number of aromatic nitrogens is 2. The third-order valence-corrected chi connectivity index (χ3v) is 6.08. The summed E-state index contributed by atoms with van der Waals surface area (Å²) in [6.45, 7) is 6.56. The van der Waals surface area contributed by atoms with Crippen LogP contribution in [0, 0.1) is 11.2 Å². The highest BCUT2D eigenvalue weighted by Gasteiger charge is 2.35. The molecule has 0 aliphatic rings. The maximum absolute atomic E-state index is 13.4. The van der Waals surface area contributed by atoms with Crippen LogP contribution in [-0.2, 0) is 16.1 Å². The van der Waals surface area contributed by atoms with E-state index in [0.29, 0.717) is 29.8 Å². The predicted octanol–water partition coefficient (Wildman–Crippen LogP) is 4.47. The van der Waals surface area contributed by atoms with E-state index in [9.17, 15) is 14.0 Å². The van der Waals surface area contributed by atoms with Gasteiger partial charge in [-0.05, 0) is 54.5 Å². The second-order valence-electron chi connectivity index (χ2n) is 10.1. The van der Waals surface area contributed by atoms with Crippen molar-refractivity contribution in [1.29, 1.82) is 0 Å². The van der Waals surface area contributed by atoms with Crippen LogP contribution in [0.2, 0.25) is 0 Å². The summed E-state index contributed by atoms with van der Waals surface area (Å²) in [5.74, 6) is -0.722. The van der Waals surface area contributed by atoms with Crippen LogP contribution in [0.4, 0.5) is 4.39 Å². The molecule has 1 aromatic heterocycles. The van der Waals surface area contributed by atoms with Gasteiger partial charge in [-0.15, -0.1) is 0 Å². The molecule has 0 unspecified atom stereocenters. The molecule has 0 saturated carbocycles. The summed E-state index contributed by atoms with van der Waals surface area (Å²) in [5.41, 5.74) is 1.09. The molecule has 0 fully saturated rings. The highest BCUT2D eigenvalue weighted by molar-refractivity contribution is 6.06. The van der Waals surface area contributed by atoms with E-state index in [0.717, 1.165) is 31.2 Å². The van der Waals surface area contributed by atoms with Crippen LogP contribution in [0.1, 0.15) is 62.5 Å². The van der Waals surface area contributed by atoms with E-state index in [2.05, 4.69) is 10.4 Å². The van der Waals surface area contributed by atoms with Gasteiger partial charge in [0.2, 0.25) is 0 Å². The van der Waals surface area contributed by atoms with Crippen LogP contribution in [0.5, 0.6) is 5.75 Å². The number of nitrogens with one attached hydrogen (secondary N) is 1. The lowest BCUT2D eigenvalue weighted by Gasteiger charge is -2.28. The van der Waals surface area contributed by atoms with Crippen molar-refractivity contribution >= 4 is 22.8 Å². The van der Waals surface area contributed by atoms with Gasteiger partial charge >= 0.3 is 5.97 Å². The number of aliphatic hydroxyl groups is 1. The average Bonchev–Trinajstić information content (AvgIpc) is 3.22. The number of aliphatic hydroxyl groups excluding tert-OH is 1. The van der Waals surface area contributed by atoms with Crippen molar-refractivity contribution in [2.24, 2.45) is 5.41 Å². The first kappa shape index (κ1) is 28.1. The normalized spacial score (nSPS) is 12.4. The molecule has 3 rings (SSSR count). The Bertz CT molecular complexity index is 1200. The van der Waals surface area contributed by atoms with Crippen molar-refractivity contribution in [3.63, 3.8) is 0 Å². The van der Waals surface area contributed by atoms with E-state index in [-0.39, 0.29) is 18.1 Å². The number of hydrogen-bond acceptors (Lipinski definition) is 6. The maximum Gasteiger partial charge on any atom is 0.328 e. The van der Waals surface area contributed by atoms with E-state index in [1.807, 2.05) is 26.8 Å². The largest absolute Gasteiger partial charge is 0.494 e. The fourth-order valence-electron chi connectivity index (χ4n) is 4.00.